The number of aryl methyl sites for hydroxylation is 1. The molecule has 58 heavy (non-hydrogen) atoms. The molecule has 2 aliphatic heterocycles. The van der Waals surface area contributed by atoms with Crippen LogP contribution >= 0.6 is 0 Å². The minimum Gasteiger partial charge on any atom is -0.494 e. The lowest BCUT2D eigenvalue weighted by Gasteiger charge is -2.44. The number of carbonyl (C=O) groups excluding carboxylic acids is 3. The number of piperidine rings is 2. The van der Waals surface area contributed by atoms with Crippen LogP contribution in [0.4, 0.5) is 28.9 Å². The Bertz CT molecular complexity index is 2450. The summed E-state index contributed by atoms with van der Waals surface area (Å²) < 4.78 is 71.8. The molecule has 0 bridgehead atoms. The number of aromatic nitrogens is 7. The molecule has 5 aromatic rings. The molecule has 2 unspecified atom stereocenters. The summed E-state index contributed by atoms with van der Waals surface area (Å²) in [4.78, 5) is 58.6. The minimum absolute atomic E-state index is 0.0653. The lowest BCUT2D eigenvalue weighted by Crippen LogP contribution is -2.58. The molecule has 2 saturated heterocycles. The molecule has 1 aliphatic carbocycles. The number of rotatable bonds is 10. The Morgan fingerprint density at radius 2 is 1.90 bits per heavy atom. The predicted molar refractivity (Wildman–Crippen MR) is 202 cm³/mol. The van der Waals surface area contributed by atoms with Gasteiger partial charge in [-0.25, -0.2) is 31.9 Å². The maximum absolute atomic E-state index is 16.3. The number of benzene rings is 1. The van der Waals surface area contributed by atoms with Crippen molar-refractivity contribution in [2.75, 3.05) is 44.0 Å². The van der Waals surface area contributed by atoms with Crippen molar-refractivity contribution >= 4 is 45.8 Å². The van der Waals surface area contributed by atoms with E-state index in [1.807, 2.05) is 0 Å². The molecule has 0 radical (unpaired) electrons. The van der Waals surface area contributed by atoms with E-state index in [-0.39, 0.29) is 54.7 Å². The second kappa shape index (κ2) is 15.2. The molecule has 3 amide bonds. The van der Waals surface area contributed by atoms with Gasteiger partial charge >= 0.3 is 5.69 Å². The number of ether oxygens (including phenoxy) is 1. The van der Waals surface area contributed by atoms with Crippen LogP contribution in [0.15, 0.2) is 47.8 Å². The Morgan fingerprint density at radius 3 is 2.60 bits per heavy atom. The van der Waals surface area contributed by atoms with Gasteiger partial charge in [0.15, 0.2) is 11.3 Å². The SMILES string of the molecule is COc1ccc2c(c1N1CCC(N(C)CC3CCC(n4cc(NC(=O)c5cnn6cccnc56)c(C(F)F)n4)CC3)C(F)(F)C1)n(C)c(=O)n2C1CCC(=O)NC1=O. The summed E-state index contributed by atoms with van der Waals surface area (Å²) in [5, 5.41) is 13.1. The van der Waals surface area contributed by atoms with E-state index in [4.69, 9.17) is 4.74 Å². The van der Waals surface area contributed by atoms with Crippen LogP contribution in [0.5, 0.6) is 5.75 Å². The molecule has 16 nitrogen and oxygen atoms in total. The van der Waals surface area contributed by atoms with Crippen LogP contribution in [0.2, 0.25) is 0 Å². The molecule has 1 aromatic carbocycles. The monoisotopic (exact) mass is 809 g/mol. The first-order valence-electron chi connectivity index (χ1n) is 19.2. The summed E-state index contributed by atoms with van der Waals surface area (Å²) in [6.07, 6.45) is 5.73. The summed E-state index contributed by atoms with van der Waals surface area (Å²) >= 11 is 0. The molecule has 8 rings (SSSR count). The highest BCUT2D eigenvalue weighted by atomic mass is 19.3. The maximum Gasteiger partial charge on any atom is 0.329 e. The van der Waals surface area contributed by atoms with Crippen LogP contribution in [0.3, 0.4) is 0 Å². The van der Waals surface area contributed by atoms with Crippen molar-refractivity contribution in [3.63, 3.8) is 0 Å². The highest BCUT2D eigenvalue weighted by Crippen LogP contribution is 2.43. The number of anilines is 2. The van der Waals surface area contributed by atoms with E-state index < -0.39 is 60.1 Å². The van der Waals surface area contributed by atoms with Crippen molar-refractivity contribution in [2.24, 2.45) is 13.0 Å². The first-order valence-corrected chi connectivity index (χ1v) is 19.2. The normalized spacial score (nSPS) is 22.6. The zero-order chi connectivity index (χ0) is 41.0. The lowest BCUT2D eigenvalue weighted by molar-refractivity contribution is -0.135. The third-order valence-electron chi connectivity index (χ3n) is 11.8. The molecule has 4 aromatic heterocycles. The third kappa shape index (κ3) is 6.96. The van der Waals surface area contributed by atoms with Gasteiger partial charge in [-0.05, 0) is 69.7 Å². The van der Waals surface area contributed by atoms with E-state index in [0.717, 1.165) is 0 Å². The number of halogens is 4. The molecule has 3 fully saturated rings. The number of imidazole rings is 1. The Balaban J connectivity index is 0.925. The number of carbonyl (C=O) groups is 3. The second-order valence-corrected chi connectivity index (χ2v) is 15.4. The van der Waals surface area contributed by atoms with E-state index in [1.54, 1.807) is 36.3 Å². The molecule has 6 heterocycles. The quantitative estimate of drug-likeness (QED) is 0.153. The maximum atomic E-state index is 16.3. The molecule has 0 spiro atoms. The molecular formula is C38H43F4N11O5. The fourth-order valence-corrected chi connectivity index (χ4v) is 8.95. The van der Waals surface area contributed by atoms with Crippen molar-refractivity contribution < 1.29 is 36.7 Å². The van der Waals surface area contributed by atoms with Crippen molar-refractivity contribution in [3.8, 4) is 5.75 Å². The van der Waals surface area contributed by atoms with E-state index in [0.29, 0.717) is 54.7 Å². The number of hydrogen-bond donors (Lipinski definition) is 2. The average molecular weight is 810 g/mol. The second-order valence-electron chi connectivity index (χ2n) is 15.4. The summed E-state index contributed by atoms with van der Waals surface area (Å²) in [6.45, 7) is 0.00921. The number of alkyl halides is 4. The Labute approximate surface area is 328 Å². The van der Waals surface area contributed by atoms with E-state index in [1.165, 1.54) is 56.0 Å². The van der Waals surface area contributed by atoms with Crippen LogP contribution in [0.25, 0.3) is 16.7 Å². The largest absolute Gasteiger partial charge is 0.494 e. The Kier molecular flexibility index (Phi) is 10.2. The van der Waals surface area contributed by atoms with Gasteiger partial charge in [0, 0.05) is 45.1 Å². The fraction of sp³-hybridized carbons (Fsp3) is 0.500. The van der Waals surface area contributed by atoms with Crippen LogP contribution < -0.4 is 26.0 Å². The Hall–Kier alpha value is -5.79. The van der Waals surface area contributed by atoms with Gasteiger partial charge in [-0.2, -0.15) is 10.2 Å². The van der Waals surface area contributed by atoms with Crippen molar-refractivity contribution in [2.45, 2.75) is 75.4 Å². The minimum atomic E-state index is -3.16. The van der Waals surface area contributed by atoms with Crippen LogP contribution in [0.1, 0.15) is 79.5 Å². The number of methoxy groups -OCH3 is 1. The number of nitrogens with zero attached hydrogens (tertiary/aromatic N) is 9. The highest BCUT2D eigenvalue weighted by Gasteiger charge is 2.48. The Morgan fingerprint density at radius 1 is 1.12 bits per heavy atom. The lowest BCUT2D eigenvalue weighted by atomic mass is 9.85. The number of fused-ring (bicyclic) bond motifs is 2. The predicted octanol–water partition coefficient (Wildman–Crippen LogP) is 4.33. The zero-order valence-electron chi connectivity index (χ0n) is 32.1. The summed E-state index contributed by atoms with van der Waals surface area (Å²) in [5.74, 6) is -4.43. The fourth-order valence-electron chi connectivity index (χ4n) is 8.95. The summed E-state index contributed by atoms with van der Waals surface area (Å²) in [7, 11) is 4.64. The van der Waals surface area contributed by atoms with Gasteiger partial charge in [-0.3, -0.25) is 38.4 Å². The van der Waals surface area contributed by atoms with Gasteiger partial charge in [0.05, 0.1) is 48.7 Å². The zero-order valence-corrected chi connectivity index (χ0v) is 32.1. The van der Waals surface area contributed by atoms with Gasteiger partial charge in [0.25, 0.3) is 18.3 Å². The summed E-state index contributed by atoms with van der Waals surface area (Å²) in [6, 6.07) is 2.65. The third-order valence-corrected chi connectivity index (χ3v) is 11.8. The van der Waals surface area contributed by atoms with Crippen molar-refractivity contribution in [3.05, 3.63) is 64.7 Å². The molecule has 3 aliphatic rings. The van der Waals surface area contributed by atoms with Crippen LogP contribution in [0, 0.1) is 5.92 Å². The van der Waals surface area contributed by atoms with E-state index >= 15 is 8.78 Å². The van der Waals surface area contributed by atoms with Gasteiger partial charge in [-0.1, -0.05) is 0 Å². The molecule has 1 saturated carbocycles. The number of nitrogens with one attached hydrogen (secondary N) is 2. The first kappa shape index (κ1) is 39.1. The number of amides is 3. The first-order chi connectivity index (χ1) is 27.7. The van der Waals surface area contributed by atoms with E-state index in [2.05, 4.69) is 25.8 Å². The van der Waals surface area contributed by atoms with Crippen molar-refractivity contribution in [1.29, 1.82) is 0 Å². The van der Waals surface area contributed by atoms with Crippen LogP contribution in [-0.2, 0) is 16.6 Å². The van der Waals surface area contributed by atoms with E-state index in [9.17, 15) is 28.0 Å². The molecular weight excluding hydrogens is 766 g/mol. The highest BCUT2D eigenvalue weighted by molar-refractivity contribution is 6.08. The molecule has 2 N–H and O–H groups in total. The topological polar surface area (TPSA) is 166 Å². The van der Waals surface area contributed by atoms with Gasteiger partial charge < -0.3 is 15.0 Å². The standard InChI is InChI=1S/C38H43F4N11O5/c1-48(18-21-5-7-22(8-6-21)52-19-24(30(47-52)33(39)40)45-35(55)23-17-44-51-15-4-14-43-34(23)51)28-13-16-50(20-38(28,41)42)32-27(58-3)11-9-25-31(32)49(2)37(57)53(25)26-10-12-29(54)46-36(26)56/h4,9,11,14-15,17,19,21-22,26,28,33H,5-8,10,12-13,16,18,20H2,1-3H3,(H,45,55)(H,46,54,56). The number of imide groups is 1. The van der Waals surface area contributed by atoms with Gasteiger partial charge in [0.2, 0.25) is 11.8 Å². The summed E-state index contributed by atoms with van der Waals surface area (Å²) in [5.41, 5.74) is 0.298. The molecule has 20 heteroatoms. The molecule has 2 atom stereocenters. The smallest absolute Gasteiger partial charge is 0.329 e. The number of hydrogen-bond acceptors (Lipinski definition) is 10. The van der Waals surface area contributed by atoms with Crippen LogP contribution in [-0.4, -0.2) is 102 Å². The van der Waals surface area contributed by atoms with Gasteiger partial charge in [-0.15, -0.1) is 0 Å². The molecule has 308 valence electrons. The van der Waals surface area contributed by atoms with Gasteiger partial charge in [0.1, 0.15) is 23.0 Å². The van der Waals surface area contributed by atoms with Crippen molar-refractivity contribution in [1.82, 2.24) is 43.7 Å². The average Bonchev–Trinajstić information content (AvgIpc) is 3.89.